The van der Waals surface area contributed by atoms with Crippen molar-refractivity contribution >= 4 is 23.5 Å². The fraction of sp³-hybridized carbons (Fsp3) is 0.500. The average Bonchev–Trinajstić information content (AvgIpc) is 2.83. The minimum atomic E-state index is -0.347. The Hall–Kier alpha value is -2.25. The number of aromatic nitrogens is 1. The molecule has 120 valence electrons. The average molecular weight is 329 g/mol. The second kappa shape index (κ2) is 7.85. The summed E-state index contributed by atoms with van der Waals surface area (Å²) in [6.45, 7) is 3.39. The zero-order valence-corrected chi connectivity index (χ0v) is 13.9. The third-order valence-electron chi connectivity index (χ3n) is 3.81. The summed E-state index contributed by atoms with van der Waals surface area (Å²) >= 11 is 1.22. The summed E-state index contributed by atoms with van der Waals surface area (Å²) in [6, 6.07) is 5.35. The predicted molar refractivity (Wildman–Crippen MR) is 88.4 cm³/mol. The van der Waals surface area contributed by atoms with E-state index in [9.17, 15) is 10.1 Å². The fourth-order valence-electron chi connectivity index (χ4n) is 2.54. The van der Waals surface area contributed by atoms with E-state index < -0.39 is 0 Å². The molecule has 1 aromatic heterocycles. The minimum absolute atomic E-state index is 0.0607. The summed E-state index contributed by atoms with van der Waals surface area (Å²) in [4.78, 5) is 18.6. The number of nitrogen functional groups attached to an aromatic ring is 1. The molecule has 0 unspecified atom stereocenters. The van der Waals surface area contributed by atoms with E-state index in [-0.39, 0.29) is 28.1 Å². The largest absolute Gasteiger partial charge is 0.383 e. The molecule has 7 heteroatoms. The first-order valence-electron chi connectivity index (χ1n) is 7.63. The summed E-state index contributed by atoms with van der Waals surface area (Å²) in [6.07, 6.45) is 4.40. The van der Waals surface area contributed by atoms with E-state index in [1.807, 2.05) is 24.0 Å². The molecule has 1 fully saturated rings. The number of hydrogen-bond donors (Lipinski definition) is 1. The van der Waals surface area contributed by atoms with Gasteiger partial charge in [0.15, 0.2) is 0 Å². The number of carbonyl (C=O) groups excluding carboxylic acids is 1. The molecule has 23 heavy (non-hydrogen) atoms. The first-order valence-corrected chi connectivity index (χ1v) is 8.51. The lowest BCUT2D eigenvalue weighted by atomic mass is 10.2. The van der Waals surface area contributed by atoms with Crippen LogP contribution in [0.15, 0.2) is 11.1 Å². The van der Waals surface area contributed by atoms with Crippen molar-refractivity contribution in [1.82, 2.24) is 9.88 Å². The van der Waals surface area contributed by atoms with Crippen LogP contribution in [0.25, 0.3) is 0 Å². The SMILES string of the molecule is C[C@@H](Sc1nc(N)c(C#N)cc1C#N)C(=O)N1CCCCCC1. The molecule has 0 spiro atoms. The Kier molecular flexibility index (Phi) is 5.84. The summed E-state index contributed by atoms with van der Waals surface area (Å²) in [7, 11) is 0. The van der Waals surface area contributed by atoms with E-state index in [2.05, 4.69) is 4.98 Å². The second-order valence-corrected chi connectivity index (χ2v) is 6.83. The van der Waals surface area contributed by atoms with E-state index in [1.54, 1.807) is 0 Å². The molecular formula is C16H19N5OS. The van der Waals surface area contributed by atoms with Crippen LogP contribution in [0.3, 0.4) is 0 Å². The Labute approximate surface area is 140 Å². The molecule has 1 amide bonds. The summed E-state index contributed by atoms with van der Waals surface area (Å²) in [5.74, 6) is 0.147. The van der Waals surface area contributed by atoms with E-state index >= 15 is 0 Å². The number of amides is 1. The van der Waals surface area contributed by atoms with E-state index in [0.29, 0.717) is 5.03 Å². The van der Waals surface area contributed by atoms with Gasteiger partial charge in [0.05, 0.1) is 16.4 Å². The van der Waals surface area contributed by atoms with Crippen LogP contribution < -0.4 is 5.73 Å². The van der Waals surface area contributed by atoms with Crippen molar-refractivity contribution in [1.29, 1.82) is 10.5 Å². The van der Waals surface area contributed by atoms with Gasteiger partial charge in [-0.15, -0.1) is 0 Å². The zero-order chi connectivity index (χ0) is 16.8. The van der Waals surface area contributed by atoms with Gasteiger partial charge in [0, 0.05) is 13.1 Å². The van der Waals surface area contributed by atoms with E-state index in [1.165, 1.54) is 17.8 Å². The third-order valence-corrected chi connectivity index (χ3v) is 4.90. The van der Waals surface area contributed by atoms with Crippen LogP contribution >= 0.6 is 11.8 Å². The second-order valence-electron chi connectivity index (χ2n) is 5.50. The quantitative estimate of drug-likeness (QED) is 0.853. The van der Waals surface area contributed by atoms with Crippen LogP contribution in [0.2, 0.25) is 0 Å². The number of carbonyl (C=O) groups is 1. The number of hydrogen-bond acceptors (Lipinski definition) is 6. The molecule has 0 bridgehead atoms. The Bertz CT molecular complexity index is 668. The topological polar surface area (TPSA) is 107 Å². The monoisotopic (exact) mass is 329 g/mol. The van der Waals surface area contributed by atoms with Crippen molar-refractivity contribution in [3.05, 3.63) is 17.2 Å². The molecule has 0 aliphatic carbocycles. The predicted octanol–water partition coefficient (Wildman–Crippen LogP) is 2.29. The molecule has 1 aliphatic rings. The van der Waals surface area contributed by atoms with Gasteiger partial charge in [-0.2, -0.15) is 10.5 Å². The highest BCUT2D eigenvalue weighted by atomic mass is 32.2. The van der Waals surface area contributed by atoms with Crippen LogP contribution in [0, 0.1) is 22.7 Å². The minimum Gasteiger partial charge on any atom is -0.383 e. The first kappa shape index (κ1) is 17.1. The lowest BCUT2D eigenvalue weighted by Gasteiger charge is -2.23. The highest BCUT2D eigenvalue weighted by Gasteiger charge is 2.24. The van der Waals surface area contributed by atoms with Gasteiger partial charge in [-0.3, -0.25) is 4.79 Å². The Morgan fingerprint density at radius 1 is 1.26 bits per heavy atom. The number of rotatable bonds is 3. The molecule has 1 atom stereocenters. The molecule has 6 nitrogen and oxygen atoms in total. The fourth-order valence-corrected chi connectivity index (χ4v) is 3.50. The maximum atomic E-state index is 12.6. The highest BCUT2D eigenvalue weighted by molar-refractivity contribution is 8.00. The third kappa shape index (κ3) is 4.14. The van der Waals surface area contributed by atoms with Gasteiger partial charge >= 0.3 is 0 Å². The molecule has 1 aliphatic heterocycles. The van der Waals surface area contributed by atoms with Gasteiger partial charge in [0.1, 0.15) is 23.0 Å². The van der Waals surface area contributed by atoms with Crippen LogP contribution in [0.4, 0.5) is 5.82 Å². The van der Waals surface area contributed by atoms with Crippen molar-refractivity contribution in [2.24, 2.45) is 0 Å². The van der Waals surface area contributed by atoms with Crippen molar-refractivity contribution in [3.63, 3.8) is 0 Å². The standard InChI is InChI=1S/C16H19N5OS/c1-11(16(22)21-6-4-2-3-5-7-21)23-15-13(10-18)8-12(9-17)14(19)20-15/h8,11H,2-7H2,1H3,(H2,19,20)/t11-/m1/s1. The summed E-state index contributed by atoms with van der Waals surface area (Å²) < 4.78 is 0. The first-order chi connectivity index (χ1) is 11.1. The normalized spacial score (nSPS) is 16.0. The molecule has 2 heterocycles. The molecular weight excluding hydrogens is 310 g/mol. The summed E-state index contributed by atoms with van der Waals surface area (Å²) in [5, 5.41) is 18.2. The Morgan fingerprint density at radius 3 is 2.43 bits per heavy atom. The van der Waals surface area contributed by atoms with Gasteiger partial charge in [-0.1, -0.05) is 24.6 Å². The van der Waals surface area contributed by atoms with Crippen LogP contribution in [0.1, 0.15) is 43.7 Å². The molecule has 2 rings (SSSR count). The van der Waals surface area contributed by atoms with Crippen molar-refractivity contribution in [2.45, 2.75) is 42.9 Å². The van der Waals surface area contributed by atoms with E-state index in [0.717, 1.165) is 38.8 Å². The molecule has 2 N–H and O–H groups in total. The molecule has 0 aromatic carbocycles. The molecule has 1 aromatic rings. The van der Waals surface area contributed by atoms with Gasteiger partial charge in [0.25, 0.3) is 0 Å². The van der Waals surface area contributed by atoms with Crippen molar-refractivity contribution in [2.75, 3.05) is 18.8 Å². The molecule has 0 radical (unpaired) electrons. The molecule has 1 saturated heterocycles. The number of pyridine rings is 1. The van der Waals surface area contributed by atoms with E-state index in [4.69, 9.17) is 11.0 Å². The number of likely N-dealkylation sites (tertiary alicyclic amines) is 1. The van der Waals surface area contributed by atoms with Gasteiger partial charge in [-0.05, 0) is 25.8 Å². The number of nitrogens with two attached hydrogens (primary N) is 1. The number of nitriles is 2. The van der Waals surface area contributed by atoms with Crippen molar-refractivity contribution < 1.29 is 4.79 Å². The van der Waals surface area contributed by atoms with Crippen LogP contribution in [-0.2, 0) is 4.79 Å². The van der Waals surface area contributed by atoms with Crippen molar-refractivity contribution in [3.8, 4) is 12.1 Å². The summed E-state index contributed by atoms with van der Waals surface area (Å²) in [5.41, 5.74) is 6.17. The van der Waals surface area contributed by atoms with Gasteiger partial charge in [0.2, 0.25) is 5.91 Å². The Morgan fingerprint density at radius 2 is 1.87 bits per heavy atom. The Balaban J connectivity index is 2.15. The van der Waals surface area contributed by atoms with Crippen LogP contribution in [-0.4, -0.2) is 34.1 Å². The number of anilines is 1. The highest BCUT2D eigenvalue weighted by Crippen LogP contribution is 2.28. The number of thioether (sulfide) groups is 1. The lowest BCUT2D eigenvalue weighted by Crippen LogP contribution is -2.37. The molecule has 0 saturated carbocycles. The lowest BCUT2D eigenvalue weighted by molar-refractivity contribution is -0.130. The number of nitrogens with zero attached hydrogens (tertiary/aromatic N) is 4. The van der Waals surface area contributed by atoms with Gasteiger partial charge < -0.3 is 10.6 Å². The maximum Gasteiger partial charge on any atom is 0.235 e. The van der Waals surface area contributed by atoms with Crippen LogP contribution in [0.5, 0.6) is 0 Å². The zero-order valence-electron chi connectivity index (χ0n) is 13.1. The smallest absolute Gasteiger partial charge is 0.235 e. The maximum absolute atomic E-state index is 12.6. The van der Waals surface area contributed by atoms with Gasteiger partial charge in [-0.25, -0.2) is 4.98 Å².